The van der Waals surface area contributed by atoms with Gasteiger partial charge in [0, 0.05) is 16.2 Å². The van der Waals surface area contributed by atoms with E-state index < -0.39 is 0 Å². The number of halogens is 1. The van der Waals surface area contributed by atoms with Crippen molar-refractivity contribution in [2.75, 3.05) is 5.73 Å². The average Bonchev–Trinajstić information content (AvgIpc) is 2.68. The van der Waals surface area contributed by atoms with E-state index in [4.69, 9.17) is 10.7 Å². The SMILES string of the molecule is Cc1cc2nc(-c3c(C)cccc3C)c(N)n2cc1Br. The van der Waals surface area contributed by atoms with E-state index in [0.29, 0.717) is 5.82 Å². The van der Waals surface area contributed by atoms with Crippen LogP contribution in [0.5, 0.6) is 0 Å². The van der Waals surface area contributed by atoms with E-state index in [9.17, 15) is 0 Å². The molecule has 0 bridgehead atoms. The number of fused-ring (bicyclic) bond motifs is 1. The normalized spacial score (nSPS) is 11.2. The summed E-state index contributed by atoms with van der Waals surface area (Å²) in [6, 6.07) is 8.28. The lowest BCUT2D eigenvalue weighted by atomic mass is 10.0. The van der Waals surface area contributed by atoms with E-state index in [1.54, 1.807) is 0 Å². The summed E-state index contributed by atoms with van der Waals surface area (Å²) in [5, 5.41) is 0. The topological polar surface area (TPSA) is 43.3 Å². The quantitative estimate of drug-likeness (QED) is 0.724. The fourth-order valence-corrected chi connectivity index (χ4v) is 2.87. The average molecular weight is 330 g/mol. The van der Waals surface area contributed by atoms with Gasteiger partial charge < -0.3 is 5.73 Å². The summed E-state index contributed by atoms with van der Waals surface area (Å²) in [4.78, 5) is 4.72. The molecular formula is C16H16BrN3. The van der Waals surface area contributed by atoms with E-state index in [0.717, 1.165) is 26.9 Å². The zero-order valence-corrected chi connectivity index (χ0v) is 13.3. The minimum atomic E-state index is 0.679. The van der Waals surface area contributed by atoms with Gasteiger partial charge in [-0.25, -0.2) is 4.98 Å². The first kappa shape index (κ1) is 13.2. The third-order valence-corrected chi connectivity index (χ3v) is 4.49. The molecule has 0 aliphatic rings. The van der Waals surface area contributed by atoms with Crippen molar-refractivity contribution in [3.63, 3.8) is 0 Å². The predicted octanol–water partition coefficient (Wildman–Crippen LogP) is 4.27. The Hall–Kier alpha value is -1.81. The lowest BCUT2D eigenvalue weighted by Crippen LogP contribution is -1.96. The number of hydrogen-bond acceptors (Lipinski definition) is 2. The van der Waals surface area contributed by atoms with Gasteiger partial charge in [0.25, 0.3) is 0 Å². The van der Waals surface area contributed by atoms with Gasteiger partial charge in [-0.1, -0.05) is 18.2 Å². The second-order valence-corrected chi connectivity index (χ2v) is 6.00. The van der Waals surface area contributed by atoms with Gasteiger partial charge in [0.2, 0.25) is 0 Å². The van der Waals surface area contributed by atoms with Crippen LogP contribution in [0, 0.1) is 20.8 Å². The number of anilines is 1. The van der Waals surface area contributed by atoms with Crippen LogP contribution in [0.3, 0.4) is 0 Å². The Balaban J connectivity index is 2.35. The van der Waals surface area contributed by atoms with Crippen molar-refractivity contribution in [3.05, 3.63) is 51.6 Å². The Morgan fingerprint density at radius 3 is 2.40 bits per heavy atom. The van der Waals surface area contributed by atoms with Crippen LogP contribution in [0.15, 0.2) is 34.9 Å². The van der Waals surface area contributed by atoms with Crippen molar-refractivity contribution in [3.8, 4) is 11.3 Å². The smallest absolute Gasteiger partial charge is 0.139 e. The highest BCUT2D eigenvalue weighted by Crippen LogP contribution is 2.32. The van der Waals surface area contributed by atoms with E-state index in [1.807, 2.05) is 23.6 Å². The molecule has 0 unspecified atom stereocenters. The van der Waals surface area contributed by atoms with E-state index in [-0.39, 0.29) is 0 Å². The number of nitrogen functional groups attached to an aromatic ring is 1. The molecule has 0 saturated heterocycles. The van der Waals surface area contributed by atoms with Gasteiger partial charge in [-0.3, -0.25) is 4.40 Å². The summed E-state index contributed by atoms with van der Waals surface area (Å²) >= 11 is 3.54. The van der Waals surface area contributed by atoms with Crippen molar-refractivity contribution in [2.45, 2.75) is 20.8 Å². The minimum absolute atomic E-state index is 0.679. The number of benzene rings is 1. The molecule has 0 saturated carbocycles. The lowest BCUT2D eigenvalue weighted by Gasteiger charge is -2.07. The lowest BCUT2D eigenvalue weighted by molar-refractivity contribution is 1.16. The zero-order chi connectivity index (χ0) is 14.4. The van der Waals surface area contributed by atoms with Crippen molar-refractivity contribution < 1.29 is 0 Å². The van der Waals surface area contributed by atoms with Crippen molar-refractivity contribution in [1.29, 1.82) is 0 Å². The number of imidazole rings is 1. The highest BCUT2D eigenvalue weighted by Gasteiger charge is 2.15. The summed E-state index contributed by atoms with van der Waals surface area (Å²) in [7, 11) is 0. The second kappa shape index (κ2) is 4.63. The van der Waals surface area contributed by atoms with Crippen LogP contribution in [0.25, 0.3) is 16.9 Å². The summed E-state index contributed by atoms with van der Waals surface area (Å²) in [6.45, 7) is 6.23. The van der Waals surface area contributed by atoms with Gasteiger partial charge in [-0.2, -0.15) is 0 Å². The largest absolute Gasteiger partial charge is 0.383 e. The number of rotatable bonds is 1. The molecule has 0 aliphatic heterocycles. The molecule has 4 heteroatoms. The number of aryl methyl sites for hydroxylation is 3. The maximum Gasteiger partial charge on any atom is 0.139 e. The summed E-state index contributed by atoms with van der Waals surface area (Å²) in [6.07, 6.45) is 1.98. The summed E-state index contributed by atoms with van der Waals surface area (Å²) in [5.41, 5.74) is 12.7. The van der Waals surface area contributed by atoms with Gasteiger partial charge in [0.1, 0.15) is 17.2 Å². The maximum atomic E-state index is 6.31. The second-order valence-electron chi connectivity index (χ2n) is 5.15. The van der Waals surface area contributed by atoms with Crippen LogP contribution >= 0.6 is 15.9 Å². The molecule has 20 heavy (non-hydrogen) atoms. The molecule has 1 aromatic carbocycles. The minimum Gasteiger partial charge on any atom is -0.383 e. The molecule has 2 N–H and O–H groups in total. The van der Waals surface area contributed by atoms with E-state index >= 15 is 0 Å². The monoisotopic (exact) mass is 329 g/mol. The maximum absolute atomic E-state index is 6.31. The zero-order valence-electron chi connectivity index (χ0n) is 11.7. The molecule has 0 aliphatic carbocycles. The highest BCUT2D eigenvalue weighted by atomic mass is 79.9. The Bertz CT molecular complexity index is 798. The fourth-order valence-electron chi connectivity index (χ4n) is 2.55. The number of pyridine rings is 1. The Labute approximate surface area is 126 Å². The van der Waals surface area contributed by atoms with E-state index in [2.05, 4.69) is 48.0 Å². The fraction of sp³-hybridized carbons (Fsp3) is 0.188. The number of nitrogens with two attached hydrogens (primary N) is 1. The van der Waals surface area contributed by atoms with Crippen LogP contribution in [0.2, 0.25) is 0 Å². The molecule has 2 aromatic heterocycles. The first-order valence-electron chi connectivity index (χ1n) is 6.49. The third kappa shape index (κ3) is 1.91. The Morgan fingerprint density at radius 2 is 1.75 bits per heavy atom. The predicted molar refractivity (Wildman–Crippen MR) is 87.0 cm³/mol. The van der Waals surface area contributed by atoms with Crippen molar-refractivity contribution in [1.82, 2.24) is 9.38 Å². The number of nitrogens with zero attached hydrogens (tertiary/aromatic N) is 2. The molecule has 3 aromatic rings. The Morgan fingerprint density at radius 1 is 1.10 bits per heavy atom. The summed E-state index contributed by atoms with van der Waals surface area (Å²) < 4.78 is 2.96. The molecule has 0 atom stereocenters. The highest BCUT2D eigenvalue weighted by molar-refractivity contribution is 9.10. The van der Waals surface area contributed by atoms with Crippen molar-refractivity contribution >= 4 is 27.4 Å². The van der Waals surface area contributed by atoms with Crippen molar-refractivity contribution in [2.24, 2.45) is 0 Å². The van der Waals surface area contributed by atoms with Crippen LogP contribution in [-0.2, 0) is 0 Å². The third-order valence-electron chi connectivity index (χ3n) is 3.66. The van der Waals surface area contributed by atoms with Gasteiger partial charge in [-0.05, 0) is 59.5 Å². The van der Waals surface area contributed by atoms with Gasteiger partial charge in [0.15, 0.2) is 0 Å². The molecular weight excluding hydrogens is 314 g/mol. The number of aromatic nitrogens is 2. The molecule has 2 heterocycles. The molecule has 3 nitrogen and oxygen atoms in total. The molecule has 0 amide bonds. The first-order chi connectivity index (χ1) is 9.49. The summed E-state index contributed by atoms with van der Waals surface area (Å²) in [5.74, 6) is 0.679. The Kier molecular flexibility index (Phi) is 3.05. The van der Waals surface area contributed by atoms with Crippen LogP contribution in [0.1, 0.15) is 16.7 Å². The van der Waals surface area contributed by atoms with Gasteiger partial charge in [-0.15, -0.1) is 0 Å². The van der Waals surface area contributed by atoms with Gasteiger partial charge >= 0.3 is 0 Å². The van der Waals surface area contributed by atoms with Gasteiger partial charge in [0.05, 0.1) is 0 Å². The molecule has 102 valence electrons. The van der Waals surface area contributed by atoms with Crippen LogP contribution < -0.4 is 5.73 Å². The van der Waals surface area contributed by atoms with Crippen LogP contribution in [0.4, 0.5) is 5.82 Å². The number of hydrogen-bond donors (Lipinski definition) is 1. The standard InChI is InChI=1S/C16H16BrN3/c1-9-5-4-6-10(2)14(9)15-16(18)20-8-12(17)11(3)7-13(20)19-15/h4-8H,18H2,1-3H3. The first-order valence-corrected chi connectivity index (χ1v) is 7.28. The molecule has 3 rings (SSSR count). The molecule has 0 radical (unpaired) electrons. The van der Waals surface area contributed by atoms with E-state index in [1.165, 1.54) is 11.1 Å². The molecule has 0 fully saturated rings. The van der Waals surface area contributed by atoms with Crippen LogP contribution in [-0.4, -0.2) is 9.38 Å². The molecule has 0 spiro atoms.